The van der Waals surface area contributed by atoms with Gasteiger partial charge in [0.05, 0.1) is 7.11 Å². The quantitative estimate of drug-likeness (QED) is 0.450. The first kappa shape index (κ1) is 16.8. The Bertz CT molecular complexity index is 761. The number of hydrogen-bond acceptors (Lipinski definition) is 4. The van der Waals surface area contributed by atoms with Crippen LogP contribution in [0.15, 0.2) is 58.6 Å². The summed E-state index contributed by atoms with van der Waals surface area (Å²) in [4.78, 5) is 12.0. The molecule has 0 saturated heterocycles. The number of ether oxygens (including phenoxy) is 2. The van der Waals surface area contributed by atoms with E-state index in [2.05, 4.69) is 15.9 Å². The molecule has 0 aromatic heterocycles. The van der Waals surface area contributed by atoms with Crippen LogP contribution in [0.3, 0.4) is 0 Å². The first-order chi connectivity index (χ1) is 11.1. The highest BCUT2D eigenvalue weighted by molar-refractivity contribution is 9.10. The maximum absolute atomic E-state index is 12.0. The Morgan fingerprint density at radius 1 is 1.26 bits per heavy atom. The summed E-state index contributed by atoms with van der Waals surface area (Å²) in [5, 5.41) is 9.15. The molecule has 0 spiro atoms. The minimum Gasteiger partial charge on any atom is -0.497 e. The number of carbonyl (C=O) groups is 1. The van der Waals surface area contributed by atoms with Crippen molar-refractivity contribution < 1.29 is 14.3 Å². The minimum atomic E-state index is -0.650. The van der Waals surface area contributed by atoms with E-state index in [1.165, 1.54) is 6.08 Å². The van der Waals surface area contributed by atoms with Gasteiger partial charge in [0.2, 0.25) is 0 Å². The van der Waals surface area contributed by atoms with Crippen LogP contribution in [-0.2, 0) is 16.1 Å². The van der Waals surface area contributed by atoms with Gasteiger partial charge in [-0.25, -0.2) is 4.79 Å². The van der Waals surface area contributed by atoms with Crippen LogP contribution >= 0.6 is 15.9 Å². The largest absolute Gasteiger partial charge is 0.497 e. The molecule has 0 atom stereocenters. The monoisotopic (exact) mass is 371 g/mol. The van der Waals surface area contributed by atoms with E-state index in [1.807, 2.05) is 30.3 Å². The molecule has 0 radical (unpaired) electrons. The summed E-state index contributed by atoms with van der Waals surface area (Å²) >= 11 is 3.35. The van der Waals surface area contributed by atoms with Crippen molar-refractivity contribution >= 4 is 28.0 Å². The van der Waals surface area contributed by atoms with Gasteiger partial charge in [-0.05, 0) is 41.5 Å². The molecule has 2 aromatic carbocycles. The van der Waals surface area contributed by atoms with Gasteiger partial charge in [0.15, 0.2) is 0 Å². The summed E-state index contributed by atoms with van der Waals surface area (Å²) < 4.78 is 11.1. The van der Waals surface area contributed by atoms with E-state index in [4.69, 9.17) is 14.7 Å². The standard InChI is InChI=1S/C18H14BrNO3/c1-22-17-7-5-13(6-8-17)9-15(11-20)18(21)23-12-14-3-2-4-16(19)10-14/h2-10H,12H2,1H3. The van der Waals surface area contributed by atoms with Crippen molar-refractivity contribution in [1.29, 1.82) is 5.26 Å². The van der Waals surface area contributed by atoms with Crippen molar-refractivity contribution in [2.75, 3.05) is 7.11 Å². The van der Waals surface area contributed by atoms with Gasteiger partial charge in [0, 0.05) is 4.47 Å². The van der Waals surface area contributed by atoms with E-state index in [0.717, 1.165) is 15.6 Å². The first-order valence-electron chi connectivity index (χ1n) is 6.80. The summed E-state index contributed by atoms with van der Waals surface area (Å²) in [6.45, 7) is 0.111. The van der Waals surface area contributed by atoms with Gasteiger partial charge in [-0.1, -0.05) is 40.2 Å². The Morgan fingerprint density at radius 3 is 2.61 bits per heavy atom. The highest BCUT2D eigenvalue weighted by Gasteiger charge is 2.11. The Labute approximate surface area is 143 Å². The van der Waals surface area contributed by atoms with Crippen molar-refractivity contribution in [2.45, 2.75) is 6.61 Å². The molecule has 2 aromatic rings. The predicted molar refractivity (Wildman–Crippen MR) is 90.5 cm³/mol. The van der Waals surface area contributed by atoms with E-state index >= 15 is 0 Å². The lowest BCUT2D eigenvalue weighted by molar-refractivity contribution is -0.139. The van der Waals surface area contributed by atoms with Gasteiger partial charge in [-0.2, -0.15) is 5.26 Å². The summed E-state index contributed by atoms with van der Waals surface area (Å²) in [7, 11) is 1.57. The van der Waals surface area contributed by atoms with Crippen LogP contribution in [0.5, 0.6) is 5.75 Å². The Balaban J connectivity index is 2.05. The Kier molecular flexibility index (Phi) is 5.95. The lowest BCUT2D eigenvalue weighted by Gasteiger charge is -2.05. The predicted octanol–water partition coefficient (Wildman–Crippen LogP) is 4.11. The molecule has 0 bridgehead atoms. The molecule has 5 heteroatoms. The molecule has 0 amide bonds. The summed E-state index contributed by atoms with van der Waals surface area (Å²) in [6.07, 6.45) is 1.49. The van der Waals surface area contributed by atoms with Crippen LogP contribution in [0.2, 0.25) is 0 Å². The number of nitriles is 1. The van der Waals surface area contributed by atoms with E-state index < -0.39 is 5.97 Å². The van der Waals surface area contributed by atoms with Crippen molar-refractivity contribution in [3.8, 4) is 11.8 Å². The number of carbonyl (C=O) groups excluding carboxylic acids is 1. The van der Waals surface area contributed by atoms with Gasteiger partial charge in [-0.3, -0.25) is 0 Å². The van der Waals surface area contributed by atoms with Crippen LogP contribution in [0.1, 0.15) is 11.1 Å². The molecule has 0 aliphatic rings. The molecule has 0 aliphatic carbocycles. The topological polar surface area (TPSA) is 59.3 Å². The van der Waals surface area contributed by atoms with Crippen molar-refractivity contribution in [1.82, 2.24) is 0 Å². The second-order valence-corrected chi connectivity index (χ2v) is 5.56. The van der Waals surface area contributed by atoms with Crippen molar-refractivity contribution in [2.24, 2.45) is 0 Å². The maximum Gasteiger partial charge on any atom is 0.349 e. The maximum atomic E-state index is 12.0. The second kappa shape index (κ2) is 8.16. The molecule has 2 rings (SSSR count). The zero-order valence-corrected chi connectivity index (χ0v) is 14.0. The number of benzene rings is 2. The van der Waals surface area contributed by atoms with E-state index in [0.29, 0.717) is 5.75 Å². The van der Waals surface area contributed by atoms with E-state index in [1.54, 1.807) is 31.4 Å². The van der Waals surface area contributed by atoms with Crippen LogP contribution in [0, 0.1) is 11.3 Å². The first-order valence-corrected chi connectivity index (χ1v) is 7.59. The highest BCUT2D eigenvalue weighted by atomic mass is 79.9. The number of esters is 1. The fourth-order valence-corrected chi connectivity index (χ4v) is 2.30. The average Bonchev–Trinajstić information content (AvgIpc) is 2.58. The molecule has 23 heavy (non-hydrogen) atoms. The minimum absolute atomic E-state index is 0.0508. The molecule has 4 nitrogen and oxygen atoms in total. The fraction of sp³-hybridized carbons (Fsp3) is 0.111. The second-order valence-electron chi connectivity index (χ2n) is 4.65. The van der Waals surface area contributed by atoms with Crippen molar-refractivity contribution in [3.05, 3.63) is 69.7 Å². The van der Waals surface area contributed by atoms with Gasteiger partial charge in [-0.15, -0.1) is 0 Å². The van der Waals surface area contributed by atoms with Crippen LogP contribution < -0.4 is 4.74 Å². The van der Waals surface area contributed by atoms with E-state index in [-0.39, 0.29) is 12.2 Å². The molecule has 0 aliphatic heterocycles. The smallest absolute Gasteiger partial charge is 0.349 e. The third-order valence-corrected chi connectivity index (χ3v) is 3.52. The molecular weight excluding hydrogens is 358 g/mol. The fourth-order valence-electron chi connectivity index (χ4n) is 1.86. The average molecular weight is 372 g/mol. The number of halogens is 1. The molecule has 116 valence electrons. The van der Waals surface area contributed by atoms with Crippen LogP contribution in [0.4, 0.5) is 0 Å². The van der Waals surface area contributed by atoms with Gasteiger partial charge < -0.3 is 9.47 Å². The summed E-state index contributed by atoms with van der Waals surface area (Å²) in [5.74, 6) is 0.0567. The lowest BCUT2D eigenvalue weighted by Crippen LogP contribution is -2.06. The molecule has 0 heterocycles. The molecule has 0 unspecified atom stereocenters. The van der Waals surface area contributed by atoms with E-state index in [9.17, 15) is 4.79 Å². The zero-order chi connectivity index (χ0) is 16.7. The Morgan fingerprint density at radius 2 is 2.00 bits per heavy atom. The number of rotatable bonds is 5. The van der Waals surface area contributed by atoms with Crippen LogP contribution in [0.25, 0.3) is 6.08 Å². The zero-order valence-electron chi connectivity index (χ0n) is 12.5. The summed E-state index contributed by atoms with van der Waals surface area (Å²) in [6, 6.07) is 16.3. The summed E-state index contributed by atoms with van der Waals surface area (Å²) in [5.41, 5.74) is 1.52. The van der Waals surface area contributed by atoms with Gasteiger partial charge in [0.1, 0.15) is 24.0 Å². The third kappa shape index (κ3) is 4.97. The molecule has 0 fully saturated rings. The lowest BCUT2D eigenvalue weighted by atomic mass is 10.1. The normalized spacial score (nSPS) is 10.7. The SMILES string of the molecule is COc1ccc(C=C(C#N)C(=O)OCc2cccc(Br)c2)cc1. The number of methoxy groups -OCH3 is 1. The van der Waals surface area contributed by atoms with Crippen molar-refractivity contribution in [3.63, 3.8) is 0 Å². The van der Waals surface area contributed by atoms with Gasteiger partial charge >= 0.3 is 5.97 Å². The van der Waals surface area contributed by atoms with Gasteiger partial charge in [0.25, 0.3) is 0 Å². The third-order valence-electron chi connectivity index (χ3n) is 3.03. The molecule has 0 saturated carbocycles. The Hall–Kier alpha value is -2.58. The molecule has 0 N–H and O–H groups in total. The highest BCUT2D eigenvalue weighted by Crippen LogP contribution is 2.16. The number of hydrogen-bond donors (Lipinski definition) is 0. The van der Waals surface area contributed by atoms with Crippen LogP contribution in [-0.4, -0.2) is 13.1 Å². The molecular formula is C18H14BrNO3. The number of nitrogens with zero attached hydrogens (tertiary/aromatic N) is 1.